The predicted octanol–water partition coefficient (Wildman–Crippen LogP) is 3.62. The van der Waals surface area contributed by atoms with Gasteiger partial charge in [0.25, 0.3) is 0 Å². The van der Waals surface area contributed by atoms with Crippen LogP contribution in [0.3, 0.4) is 0 Å². The highest BCUT2D eigenvalue weighted by atomic mass is 28.4. The van der Waals surface area contributed by atoms with Crippen molar-refractivity contribution in [3.05, 3.63) is 0 Å². The van der Waals surface area contributed by atoms with Crippen molar-refractivity contribution in [2.75, 3.05) is 6.61 Å². The Morgan fingerprint density at radius 1 is 1.00 bits per heavy atom. The molecular weight excluding hydrogens is 378 g/mol. The van der Waals surface area contributed by atoms with E-state index < -0.39 is 41.2 Å². The Labute approximate surface area is 167 Å². The number of hydrogen-bond donors (Lipinski definition) is 2. The lowest BCUT2D eigenvalue weighted by molar-refractivity contribution is -0.124. The number of aliphatic hydroxyl groups excluding tert-OH is 1. The Hall–Kier alpha value is -0.256. The zero-order valence-electron chi connectivity index (χ0n) is 19.1. The number of amides is 1. The molecule has 0 aromatic carbocycles. The van der Waals surface area contributed by atoms with Crippen LogP contribution >= 0.6 is 0 Å². The van der Waals surface area contributed by atoms with Gasteiger partial charge in [0, 0.05) is 6.92 Å². The summed E-state index contributed by atoms with van der Waals surface area (Å²) in [4.78, 5) is 11.9. The summed E-state index contributed by atoms with van der Waals surface area (Å²) < 4.78 is 19.1. The molecule has 2 N–H and O–H groups in total. The maximum Gasteiger partial charge on any atom is 0.217 e. The average molecular weight is 420 g/mol. The van der Waals surface area contributed by atoms with E-state index in [1.165, 1.54) is 6.92 Å². The van der Waals surface area contributed by atoms with E-state index in [4.69, 9.17) is 13.6 Å². The van der Waals surface area contributed by atoms with Crippen LogP contribution in [0, 0.1) is 0 Å². The lowest BCUT2D eigenvalue weighted by atomic mass is 10.1. The highest BCUT2D eigenvalue weighted by molar-refractivity contribution is 6.74. The normalized spacial score (nSPS) is 27.7. The Balaban J connectivity index is 3.19. The van der Waals surface area contributed by atoms with Gasteiger partial charge in [0.1, 0.15) is 12.1 Å². The van der Waals surface area contributed by atoms with Gasteiger partial charge >= 0.3 is 0 Å². The van der Waals surface area contributed by atoms with Crippen LogP contribution in [0.5, 0.6) is 0 Å². The van der Waals surface area contributed by atoms with Crippen molar-refractivity contribution in [1.82, 2.24) is 5.32 Å². The third-order valence-electron chi connectivity index (χ3n) is 6.33. The molecule has 0 aromatic heterocycles. The number of hydrogen-bond acceptors (Lipinski definition) is 5. The van der Waals surface area contributed by atoms with Crippen molar-refractivity contribution in [2.24, 2.45) is 0 Å². The van der Waals surface area contributed by atoms with E-state index in [1.807, 2.05) is 0 Å². The molecule has 0 spiro atoms. The van der Waals surface area contributed by atoms with Gasteiger partial charge in [0.05, 0.1) is 12.7 Å². The Morgan fingerprint density at radius 3 is 1.81 bits per heavy atom. The van der Waals surface area contributed by atoms with Crippen molar-refractivity contribution in [2.45, 2.75) is 109 Å². The van der Waals surface area contributed by atoms with Gasteiger partial charge in [-0.05, 0) is 36.3 Å². The number of carbonyl (C=O) groups is 1. The summed E-state index contributed by atoms with van der Waals surface area (Å²) in [6, 6.07) is -0.442. The van der Waals surface area contributed by atoms with Crippen LogP contribution < -0.4 is 5.32 Å². The lowest BCUT2D eigenvalue weighted by Gasteiger charge is -2.41. The van der Waals surface area contributed by atoms with Crippen molar-refractivity contribution >= 4 is 22.5 Å². The van der Waals surface area contributed by atoms with Crippen LogP contribution in [-0.4, -0.2) is 58.8 Å². The zero-order valence-corrected chi connectivity index (χ0v) is 21.1. The molecule has 0 aliphatic carbocycles. The van der Waals surface area contributed by atoms with E-state index in [9.17, 15) is 9.90 Å². The van der Waals surface area contributed by atoms with Gasteiger partial charge in [-0.25, -0.2) is 0 Å². The van der Waals surface area contributed by atoms with Gasteiger partial charge in [0.2, 0.25) is 5.91 Å². The molecule has 1 fully saturated rings. The van der Waals surface area contributed by atoms with Crippen LogP contribution in [0.15, 0.2) is 0 Å². The fraction of sp³-hybridized carbons (Fsp3) is 0.947. The summed E-state index contributed by atoms with van der Waals surface area (Å²) in [6.07, 6.45) is -1.58. The minimum atomic E-state index is -2.13. The molecule has 1 aliphatic rings. The molecule has 0 radical (unpaired) electrons. The smallest absolute Gasteiger partial charge is 0.217 e. The maximum absolute atomic E-state index is 11.9. The quantitative estimate of drug-likeness (QED) is 0.643. The van der Waals surface area contributed by atoms with Crippen molar-refractivity contribution in [1.29, 1.82) is 0 Å². The molecule has 1 aliphatic heterocycles. The minimum absolute atomic E-state index is 0.00419. The molecule has 8 heteroatoms. The SMILES string of the molecule is CC(=O)NC1[C@H](O[Si](C)(C)C(C)(C)C)O[C@H](CO)[C@@H]1O[Si](C)(C)C(C)(C)C. The summed E-state index contributed by atoms with van der Waals surface area (Å²) in [5.41, 5.74) is 0. The molecule has 0 aromatic rings. The summed E-state index contributed by atoms with van der Waals surface area (Å²) >= 11 is 0. The summed E-state index contributed by atoms with van der Waals surface area (Å²) in [7, 11) is -4.26. The molecule has 1 unspecified atom stereocenters. The van der Waals surface area contributed by atoms with E-state index >= 15 is 0 Å². The van der Waals surface area contributed by atoms with Gasteiger partial charge in [0.15, 0.2) is 22.9 Å². The van der Waals surface area contributed by atoms with Crippen LogP contribution in [0.25, 0.3) is 0 Å². The molecule has 1 amide bonds. The minimum Gasteiger partial charge on any atom is -0.409 e. The lowest BCUT2D eigenvalue weighted by Crippen LogP contribution is -2.56. The molecule has 1 saturated heterocycles. The van der Waals surface area contributed by atoms with Gasteiger partial charge < -0.3 is 24.0 Å². The largest absolute Gasteiger partial charge is 0.409 e. The first-order valence-electron chi connectivity index (χ1n) is 9.82. The molecule has 0 saturated carbocycles. The third kappa shape index (κ3) is 5.87. The van der Waals surface area contributed by atoms with Gasteiger partial charge in [-0.2, -0.15) is 0 Å². The fourth-order valence-electron chi connectivity index (χ4n) is 2.49. The first-order valence-corrected chi connectivity index (χ1v) is 15.6. The van der Waals surface area contributed by atoms with Crippen LogP contribution in [0.1, 0.15) is 48.5 Å². The first-order chi connectivity index (χ1) is 11.9. The van der Waals surface area contributed by atoms with E-state index in [0.29, 0.717) is 0 Å². The highest BCUT2D eigenvalue weighted by Crippen LogP contribution is 2.42. The van der Waals surface area contributed by atoms with Crippen molar-refractivity contribution in [3.63, 3.8) is 0 Å². The second-order valence-electron chi connectivity index (χ2n) is 10.7. The number of ether oxygens (including phenoxy) is 1. The van der Waals surface area contributed by atoms with Gasteiger partial charge in [-0.3, -0.25) is 4.79 Å². The summed E-state index contributed by atoms with van der Waals surface area (Å²) in [6.45, 7) is 22.9. The number of aliphatic hydroxyl groups is 1. The zero-order chi connectivity index (χ0) is 21.4. The Kier molecular flexibility index (Phi) is 7.56. The molecule has 6 nitrogen and oxygen atoms in total. The molecule has 27 heavy (non-hydrogen) atoms. The second kappa shape index (κ2) is 8.24. The second-order valence-corrected chi connectivity index (χ2v) is 20.2. The molecule has 1 rings (SSSR count). The monoisotopic (exact) mass is 419 g/mol. The molecule has 160 valence electrons. The number of carbonyl (C=O) groups excluding carboxylic acids is 1. The van der Waals surface area contributed by atoms with Crippen molar-refractivity contribution in [3.8, 4) is 0 Å². The average Bonchev–Trinajstić information content (AvgIpc) is 2.72. The third-order valence-corrected chi connectivity index (χ3v) is 15.2. The summed E-state index contributed by atoms with van der Waals surface area (Å²) in [5, 5.41) is 12.9. The van der Waals surface area contributed by atoms with Crippen LogP contribution in [0.2, 0.25) is 36.3 Å². The van der Waals surface area contributed by atoms with E-state index in [2.05, 4.69) is 73.0 Å². The van der Waals surface area contributed by atoms with Crippen molar-refractivity contribution < 1.29 is 23.5 Å². The molecule has 4 atom stereocenters. The molecule has 0 bridgehead atoms. The summed E-state index contributed by atoms with van der Waals surface area (Å²) in [5.74, 6) is -0.158. The molecular formula is C19H41NO5Si2. The number of rotatable bonds is 6. The fourth-order valence-corrected chi connectivity index (χ4v) is 4.96. The van der Waals surface area contributed by atoms with E-state index in [0.717, 1.165) is 0 Å². The number of nitrogens with one attached hydrogen (secondary N) is 1. The highest BCUT2D eigenvalue weighted by Gasteiger charge is 2.53. The first kappa shape index (κ1) is 24.8. The van der Waals surface area contributed by atoms with E-state index in [1.54, 1.807) is 0 Å². The van der Waals surface area contributed by atoms with Gasteiger partial charge in [-0.15, -0.1) is 0 Å². The van der Waals surface area contributed by atoms with Crippen LogP contribution in [0.4, 0.5) is 0 Å². The molecule has 1 heterocycles. The van der Waals surface area contributed by atoms with Crippen LogP contribution in [-0.2, 0) is 18.4 Å². The maximum atomic E-state index is 11.9. The van der Waals surface area contributed by atoms with E-state index in [-0.39, 0.29) is 22.6 Å². The Bertz CT molecular complexity index is 525. The van der Waals surface area contributed by atoms with Gasteiger partial charge in [-0.1, -0.05) is 41.5 Å². The predicted molar refractivity (Wildman–Crippen MR) is 114 cm³/mol. The Morgan fingerprint density at radius 2 is 1.44 bits per heavy atom. The standard InChI is InChI=1S/C19H41NO5Si2/c1-13(22)20-15-16(24-26(8,9)18(2,3)4)14(12-21)23-17(15)25-27(10,11)19(5,6)7/h14-17,21H,12H2,1-11H3,(H,20,22)/t14-,15?,16+,17+/m1/s1. The topological polar surface area (TPSA) is 77.0 Å².